The first kappa shape index (κ1) is 60.1. The van der Waals surface area contributed by atoms with Gasteiger partial charge >= 0.3 is 17.9 Å². The topological polar surface area (TPSA) is 78.9 Å². The zero-order valence-electron chi connectivity index (χ0n) is 41.3. The summed E-state index contributed by atoms with van der Waals surface area (Å²) >= 11 is 0. The monoisotopic (exact) mass is 887 g/mol. The maximum Gasteiger partial charge on any atom is 0.306 e. The highest BCUT2D eigenvalue weighted by Crippen LogP contribution is 2.13. The number of allylic oxidation sites excluding steroid dienone is 18. The molecule has 0 heterocycles. The lowest BCUT2D eigenvalue weighted by Gasteiger charge is -2.18. The van der Waals surface area contributed by atoms with E-state index in [2.05, 4.69) is 69.4 Å². The number of hydrogen-bond donors (Lipinski definition) is 0. The van der Waals surface area contributed by atoms with E-state index in [9.17, 15) is 14.4 Å². The molecule has 0 aromatic carbocycles. The van der Waals surface area contributed by atoms with E-state index < -0.39 is 6.10 Å². The van der Waals surface area contributed by atoms with Gasteiger partial charge in [-0.05, 0) is 83.5 Å². The van der Waals surface area contributed by atoms with E-state index in [1.165, 1.54) is 83.5 Å². The second-order valence-corrected chi connectivity index (χ2v) is 16.9. The van der Waals surface area contributed by atoms with Crippen molar-refractivity contribution in [2.45, 2.75) is 226 Å². The van der Waals surface area contributed by atoms with Crippen LogP contribution in [0.15, 0.2) is 109 Å². The molecule has 0 aliphatic rings. The summed E-state index contributed by atoms with van der Waals surface area (Å²) in [7, 11) is 0. The average molecular weight is 887 g/mol. The first-order valence-corrected chi connectivity index (χ1v) is 26.0. The summed E-state index contributed by atoms with van der Waals surface area (Å²) < 4.78 is 16.7. The molecular formula is C58H94O6. The summed E-state index contributed by atoms with van der Waals surface area (Å²) in [5, 5.41) is 0. The Balaban J connectivity index is 4.50. The lowest BCUT2D eigenvalue weighted by Crippen LogP contribution is -2.30. The second-order valence-electron chi connectivity index (χ2n) is 16.9. The Hall–Kier alpha value is -3.93. The van der Waals surface area contributed by atoms with Crippen molar-refractivity contribution in [2.75, 3.05) is 13.2 Å². The quantitative estimate of drug-likeness (QED) is 0.0199. The van der Waals surface area contributed by atoms with Crippen LogP contribution in [0.2, 0.25) is 0 Å². The van der Waals surface area contributed by atoms with Crippen molar-refractivity contribution in [1.82, 2.24) is 0 Å². The van der Waals surface area contributed by atoms with Gasteiger partial charge in [-0.2, -0.15) is 0 Å². The summed E-state index contributed by atoms with van der Waals surface area (Å²) in [5.41, 5.74) is 0. The highest BCUT2D eigenvalue weighted by atomic mass is 16.6. The molecule has 0 radical (unpaired) electrons. The maximum absolute atomic E-state index is 12.8. The SMILES string of the molecule is CC\C=C/C=C\C=C/C=C\C=C\C=C/CCCCCC(=O)OC(COC(=O)CCCCC/C=C\C=C/CCCC)COC(=O)CCCCCCC/C=C\CCCCCCCCCCC. The lowest BCUT2D eigenvalue weighted by molar-refractivity contribution is -0.167. The van der Waals surface area contributed by atoms with Gasteiger partial charge in [0.25, 0.3) is 0 Å². The molecule has 64 heavy (non-hydrogen) atoms. The van der Waals surface area contributed by atoms with Gasteiger partial charge in [-0.25, -0.2) is 0 Å². The number of unbranched alkanes of at least 4 members (excludes halogenated alkanes) is 22. The van der Waals surface area contributed by atoms with Crippen LogP contribution in [0.1, 0.15) is 220 Å². The zero-order valence-corrected chi connectivity index (χ0v) is 41.3. The molecule has 0 aromatic heterocycles. The van der Waals surface area contributed by atoms with Gasteiger partial charge in [0.05, 0.1) is 0 Å². The molecule has 0 aromatic rings. The molecule has 1 atom stereocenters. The first-order valence-electron chi connectivity index (χ1n) is 26.0. The molecule has 6 nitrogen and oxygen atoms in total. The largest absolute Gasteiger partial charge is 0.462 e. The van der Waals surface area contributed by atoms with Crippen molar-refractivity contribution >= 4 is 17.9 Å². The predicted octanol–water partition coefficient (Wildman–Crippen LogP) is 17.1. The van der Waals surface area contributed by atoms with Crippen LogP contribution in [0.3, 0.4) is 0 Å². The minimum atomic E-state index is -0.817. The summed E-state index contributed by atoms with van der Waals surface area (Å²) in [5.74, 6) is -0.997. The summed E-state index contributed by atoms with van der Waals surface area (Å²) in [6.45, 7) is 6.36. The van der Waals surface area contributed by atoms with Gasteiger partial charge in [-0.1, -0.05) is 226 Å². The van der Waals surface area contributed by atoms with Crippen LogP contribution < -0.4 is 0 Å². The van der Waals surface area contributed by atoms with Crippen LogP contribution >= 0.6 is 0 Å². The number of ether oxygens (including phenoxy) is 3. The Bertz CT molecular complexity index is 1340. The summed E-state index contributed by atoms with van der Waals surface area (Å²) in [6.07, 6.45) is 69.3. The van der Waals surface area contributed by atoms with Crippen molar-refractivity contribution in [3.8, 4) is 0 Å². The normalized spacial score (nSPS) is 13.0. The Morgan fingerprint density at radius 1 is 0.328 bits per heavy atom. The van der Waals surface area contributed by atoms with E-state index in [-0.39, 0.29) is 37.5 Å². The second kappa shape index (κ2) is 51.7. The third-order valence-electron chi connectivity index (χ3n) is 10.7. The molecular weight excluding hydrogens is 793 g/mol. The van der Waals surface area contributed by atoms with Crippen molar-refractivity contribution in [1.29, 1.82) is 0 Å². The molecule has 0 amide bonds. The molecule has 0 spiro atoms. The Labute approximate surface area is 393 Å². The summed E-state index contributed by atoms with van der Waals surface area (Å²) in [4.78, 5) is 37.9. The zero-order chi connectivity index (χ0) is 46.5. The van der Waals surface area contributed by atoms with E-state index in [4.69, 9.17) is 14.2 Å². The third kappa shape index (κ3) is 49.1. The van der Waals surface area contributed by atoms with Gasteiger partial charge in [0, 0.05) is 19.3 Å². The first-order chi connectivity index (χ1) is 31.5. The number of hydrogen-bond acceptors (Lipinski definition) is 6. The van der Waals surface area contributed by atoms with Crippen molar-refractivity contribution in [3.63, 3.8) is 0 Å². The van der Waals surface area contributed by atoms with Gasteiger partial charge < -0.3 is 14.2 Å². The van der Waals surface area contributed by atoms with Gasteiger partial charge in [0.15, 0.2) is 6.10 Å². The Kier molecular flexibility index (Phi) is 48.5. The van der Waals surface area contributed by atoms with Crippen LogP contribution in [-0.4, -0.2) is 37.2 Å². The van der Waals surface area contributed by atoms with Crippen LogP contribution in [-0.2, 0) is 28.6 Å². The highest BCUT2D eigenvalue weighted by molar-refractivity contribution is 5.71. The number of rotatable bonds is 45. The molecule has 0 rings (SSSR count). The minimum Gasteiger partial charge on any atom is -0.462 e. The highest BCUT2D eigenvalue weighted by Gasteiger charge is 2.19. The third-order valence-corrected chi connectivity index (χ3v) is 10.7. The van der Waals surface area contributed by atoms with E-state index in [0.29, 0.717) is 19.3 Å². The van der Waals surface area contributed by atoms with Crippen LogP contribution in [0.5, 0.6) is 0 Å². The van der Waals surface area contributed by atoms with Crippen molar-refractivity contribution in [3.05, 3.63) is 109 Å². The molecule has 0 saturated carbocycles. The van der Waals surface area contributed by atoms with Crippen LogP contribution in [0.25, 0.3) is 0 Å². The Morgan fingerprint density at radius 2 is 0.641 bits per heavy atom. The van der Waals surface area contributed by atoms with E-state index in [0.717, 1.165) is 89.9 Å². The van der Waals surface area contributed by atoms with Gasteiger partial charge in [-0.3, -0.25) is 14.4 Å². The van der Waals surface area contributed by atoms with E-state index in [1.54, 1.807) is 0 Å². The lowest BCUT2D eigenvalue weighted by atomic mass is 10.1. The summed E-state index contributed by atoms with van der Waals surface area (Å²) in [6, 6.07) is 0. The molecule has 0 aliphatic heterocycles. The van der Waals surface area contributed by atoms with Crippen LogP contribution in [0.4, 0.5) is 0 Å². The fraction of sp³-hybridized carbons (Fsp3) is 0.638. The molecule has 362 valence electrons. The predicted molar refractivity (Wildman–Crippen MR) is 274 cm³/mol. The molecule has 0 saturated heterocycles. The molecule has 0 N–H and O–H groups in total. The van der Waals surface area contributed by atoms with Gasteiger partial charge in [0.1, 0.15) is 13.2 Å². The number of esters is 3. The fourth-order valence-corrected chi connectivity index (χ4v) is 6.74. The standard InChI is InChI=1S/C58H94O6/c1-4-7-10-13-16-19-22-24-26-28-30-31-33-36-39-42-45-48-51-57(60)63-54-55(53-62-56(59)50-47-44-41-38-35-21-18-15-12-9-6-3)64-58(61)52-49-46-43-40-37-34-32-29-27-25-23-20-17-14-11-8-5-2/h8,11,14-15,17-18,20-21,23,25,27,29-32,34-35,37,55H,4-7,9-10,12-13,16,19,22,24,26,28,33,36,38-54H2,1-3H3/b11-8-,17-14-,18-15-,23-20-,27-25-,31-30-,32-29+,35-21-,37-34-. The molecule has 0 fully saturated rings. The molecule has 0 aliphatic carbocycles. The Morgan fingerprint density at radius 3 is 1.08 bits per heavy atom. The molecule has 1 unspecified atom stereocenters. The average Bonchev–Trinajstić information content (AvgIpc) is 3.29. The van der Waals surface area contributed by atoms with E-state index >= 15 is 0 Å². The fourth-order valence-electron chi connectivity index (χ4n) is 6.74. The maximum atomic E-state index is 12.8. The minimum absolute atomic E-state index is 0.111. The van der Waals surface area contributed by atoms with Gasteiger partial charge in [0.2, 0.25) is 0 Å². The molecule has 6 heteroatoms. The molecule has 0 bridgehead atoms. The van der Waals surface area contributed by atoms with Crippen molar-refractivity contribution in [2.24, 2.45) is 0 Å². The van der Waals surface area contributed by atoms with Crippen molar-refractivity contribution < 1.29 is 28.6 Å². The van der Waals surface area contributed by atoms with Crippen LogP contribution in [0, 0.1) is 0 Å². The number of carbonyl (C=O) groups is 3. The van der Waals surface area contributed by atoms with Gasteiger partial charge in [-0.15, -0.1) is 0 Å². The smallest absolute Gasteiger partial charge is 0.306 e. The van der Waals surface area contributed by atoms with E-state index in [1.807, 2.05) is 60.8 Å². The number of carbonyl (C=O) groups excluding carboxylic acids is 3.